The Balaban J connectivity index is 1.29. The van der Waals surface area contributed by atoms with Crippen LogP contribution in [-0.2, 0) is 4.79 Å². The van der Waals surface area contributed by atoms with Gasteiger partial charge in [-0.25, -0.2) is 4.98 Å². The fourth-order valence-corrected chi connectivity index (χ4v) is 4.19. The van der Waals surface area contributed by atoms with E-state index in [1.807, 2.05) is 4.90 Å². The van der Waals surface area contributed by atoms with Gasteiger partial charge in [-0.3, -0.25) is 14.5 Å². The predicted molar refractivity (Wildman–Crippen MR) is 95.6 cm³/mol. The lowest BCUT2D eigenvalue weighted by molar-refractivity contribution is -0.127. The molecule has 1 atom stereocenters. The van der Waals surface area contributed by atoms with Crippen molar-refractivity contribution in [1.29, 1.82) is 0 Å². The number of likely N-dealkylation sites (tertiary alicyclic amines) is 2. The van der Waals surface area contributed by atoms with E-state index < -0.39 is 0 Å². The van der Waals surface area contributed by atoms with E-state index in [1.165, 1.54) is 6.39 Å². The molecule has 1 aromatic heterocycles. The van der Waals surface area contributed by atoms with Crippen molar-refractivity contribution in [2.24, 2.45) is 5.92 Å². The normalized spacial score (nSPS) is 25.3. The molecule has 1 aromatic rings. The van der Waals surface area contributed by atoms with Crippen molar-refractivity contribution < 1.29 is 14.0 Å². The number of nitrogens with one attached hydrogen (secondary N) is 1. The third-order valence-corrected chi connectivity index (χ3v) is 5.96. The number of oxazole rings is 1. The van der Waals surface area contributed by atoms with Crippen LogP contribution in [0, 0.1) is 12.8 Å². The number of hydrogen-bond donors (Lipinski definition) is 1. The summed E-state index contributed by atoms with van der Waals surface area (Å²) in [6.45, 7) is 5.18. The number of nitrogens with zero attached hydrogens (tertiary/aromatic N) is 3. The van der Waals surface area contributed by atoms with Gasteiger partial charge >= 0.3 is 0 Å². The first-order valence-electron chi connectivity index (χ1n) is 9.85. The predicted octanol–water partition coefficient (Wildman–Crippen LogP) is 1.58. The molecule has 142 valence electrons. The first-order chi connectivity index (χ1) is 12.6. The minimum Gasteiger partial charge on any atom is -0.448 e. The highest BCUT2D eigenvalue weighted by atomic mass is 16.3. The number of hydrogen-bond acceptors (Lipinski definition) is 5. The van der Waals surface area contributed by atoms with Crippen LogP contribution in [0.2, 0.25) is 0 Å². The second kappa shape index (κ2) is 7.39. The molecule has 0 aromatic carbocycles. The summed E-state index contributed by atoms with van der Waals surface area (Å²) in [5.74, 6) is 0.917. The second-order valence-corrected chi connectivity index (χ2v) is 7.90. The highest BCUT2D eigenvalue weighted by molar-refractivity contribution is 5.93. The van der Waals surface area contributed by atoms with Crippen LogP contribution in [0.1, 0.15) is 54.8 Å². The van der Waals surface area contributed by atoms with Gasteiger partial charge in [0.25, 0.3) is 5.91 Å². The lowest BCUT2D eigenvalue weighted by atomic mass is 9.93. The van der Waals surface area contributed by atoms with Gasteiger partial charge in [0, 0.05) is 31.7 Å². The zero-order valence-electron chi connectivity index (χ0n) is 15.4. The summed E-state index contributed by atoms with van der Waals surface area (Å²) in [6, 6.07) is 0.904. The van der Waals surface area contributed by atoms with Crippen LogP contribution in [0.25, 0.3) is 0 Å². The molecule has 3 fully saturated rings. The Kier molecular flexibility index (Phi) is 4.98. The van der Waals surface area contributed by atoms with Crippen LogP contribution in [-0.4, -0.2) is 64.9 Å². The molecule has 2 saturated heterocycles. The number of carbonyl (C=O) groups excluding carboxylic acids is 2. The van der Waals surface area contributed by atoms with Crippen LogP contribution >= 0.6 is 0 Å². The van der Waals surface area contributed by atoms with Crippen LogP contribution in [0.3, 0.4) is 0 Å². The number of piperidine rings is 2. The van der Waals surface area contributed by atoms with Gasteiger partial charge in [0.15, 0.2) is 12.1 Å². The van der Waals surface area contributed by atoms with E-state index >= 15 is 0 Å². The fraction of sp³-hybridized carbons (Fsp3) is 0.737. The van der Waals surface area contributed by atoms with Crippen molar-refractivity contribution in [2.45, 2.75) is 57.5 Å². The van der Waals surface area contributed by atoms with Crippen molar-refractivity contribution in [2.75, 3.05) is 26.2 Å². The van der Waals surface area contributed by atoms with Gasteiger partial charge in [-0.15, -0.1) is 0 Å². The van der Waals surface area contributed by atoms with E-state index in [-0.39, 0.29) is 17.7 Å². The fourth-order valence-electron chi connectivity index (χ4n) is 4.19. The summed E-state index contributed by atoms with van der Waals surface area (Å²) in [4.78, 5) is 33.3. The van der Waals surface area contributed by atoms with Gasteiger partial charge in [0.1, 0.15) is 5.76 Å². The molecule has 0 unspecified atom stereocenters. The first-order valence-corrected chi connectivity index (χ1v) is 9.85. The molecule has 7 nitrogen and oxygen atoms in total. The lowest BCUT2D eigenvalue weighted by Gasteiger charge is -2.42. The first kappa shape index (κ1) is 17.5. The van der Waals surface area contributed by atoms with Crippen molar-refractivity contribution in [1.82, 2.24) is 20.1 Å². The monoisotopic (exact) mass is 360 g/mol. The Morgan fingerprint density at radius 1 is 1.15 bits per heavy atom. The molecule has 4 rings (SSSR count). The van der Waals surface area contributed by atoms with Gasteiger partial charge in [-0.1, -0.05) is 0 Å². The molecule has 7 heteroatoms. The highest BCUT2D eigenvalue weighted by Gasteiger charge is 2.34. The molecule has 1 N–H and O–H groups in total. The average molecular weight is 360 g/mol. The van der Waals surface area contributed by atoms with E-state index in [4.69, 9.17) is 4.42 Å². The number of aryl methyl sites for hydroxylation is 1. The van der Waals surface area contributed by atoms with Gasteiger partial charge < -0.3 is 14.6 Å². The van der Waals surface area contributed by atoms with E-state index in [0.29, 0.717) is 23.5 Å². The quantitative estimate of drug-likeness (QED) is 0.882. The average Bonchev–Trinajstić information content (AvgIpc) is 3.39. The molecular formula is C19H28N4O3. The number of carbonyl (C=O) groups is 2. The van der Waals surface area contributed by atoms with Gasteiger partial charge in [0.2, 0.25) is 5.91 Å². The largest absolute Gasteiger partial charge is 0.448 e. The van der Waals surface area contributed by atoms with Crippen LogP contribution in [0.5, 0.6) is 0 Å². The van der Waals surface area contributed by atoms with Crippen LogP contribution in [0.15, 0.2) is 10.8 Å². The van der Waals surface area contributed by atoms with E-state index in [1.54, 1.807) is 6.92 Å². The summed E-state index contributed by atoms with van der Waals surface area (Å²) in [6.07, 6.45) is 7.60. The standard InChI is InChI=1S/C19H28N4O3/c1-13-17(20-12-26-13)19(25)22-9-6-16(7-10-22)23-8-2-3-14(11-23)18(24)21-15-4-5-15/h12,14-16H,2-11H2,1H3,(H,21,24)/t14-/m1/s1. The Morgan fingerprint density at radius 3 is 2.58 bits per heavy atom. The Bertz CT molecular complexity index is 661. The second-order valence-electron chi connectivity index (χ2n) is 7.90. The minimum atomic E-state index is -0.0324. The molecule has 0 radical (unpaired) electrons. The summed E-state index contributed by atoms with van der Waals surface area (Å²) in [5.41, 5.74) is 0.429. The summed E-state index contributed by atoms with van der Waals surface area (Å²) >= 11 is 0. The van der Waals surface area contributed by atoms with Crippen molar-refractivity contribution in [3.63, 3.8) is 0 Å². The molecule has 1 aliphatic carbocycles. The maximum Gasteiger partial charge on any atom is 0.276 e. The smallest absolute Gasteiger partial charge is 0.276 e. The van der Waals surface area contributed by atoms with Gasteiger partial charge in [-0.05, 0) is 52.0 Å². The third-order valence-electron chi connectivity index (χ3n) is 5.96. The van der Waals surface area contributed by atoms with E-state index in [0.717, 1.165) is 64.7 Å². The lowest BCUT2D eigenvalue weighted by Crippen LogP contribution is -2.51. The van der Waals surface area contributed by atoms with Crippen LogP contribution in [0.4, 0.5) is 0 Å². The SMILES string of the molecule is Cc1ocnc1C(=O)N1CCC(N2CCC[C@@H](C(=O)NC3CC3)C2)CC1. The molecule has 0 spiro atoms. The molecule has 3 heterocycles. The zero-order valence-corrected chi connectivity index (χ0v) is 15.4. The Morgan fingerprint density at radius 2 is 1.92 bits per heavy atom. The Labute approximate surface area is 154 Å². The topological polar surface area (TPSA) is 78.7 Å². The molecule has 1 saturated carbocycles. The van der Waals surface area contributed by atoms with Crippen LogP contribution < -0.4 is 5.32 Å². The summed E-state index contributed by atoms with van der Waals surface area (Å²) in [5, 5.41) is 3.16. The molecule has 2 aliphatic heterocycles. The third kappa shape index (κ3) is 3.77. The molecule has 26 heavy (non-hydrogen) atoms. The molecule has 0 bridgehead atoms. The maximum atomic E-state index is 12.6. The number of aromatic nitrogens is 1. The van der Waals surface area contributed by atoms with Gasteiger partial charge in [-0.2, -0.15) is 0 Å². The van der Waals surface area contributed by atoms with Gasteiger partial charge in [0.05, 0.1) is 5.92 Å². The minimum absolute atomic E-state index is 0.0324. The number of amides is 2. The summed E-state index contributed by atoms with van der Waals surface area (Å²) in [7, 11) is 0. The van der Waals surface area contributed by atoms with Crippen molar-refractivity contribution in [3.8, 4) is 0 Å². The van der Waals surface area contributed by atoms with Crippen molar-refractivity contribution in [3.05, 3.63) is 17.8 Å². The van der Waals surface area contributed by atoms with E-state index in [9.17, 15) is 9.59 Å². The molecule has 2 amide bonds. The summed E-state index contributed by atoms with van der Waals surface area (Å²) < 4.78 is 5.15. The molecule has 3 aliphatic rings. The zero-order chi connectivity index (χ0) is 18.1. The highest BCUT2D eigenvalue weighted by Crippen LogP contribution is 2.26. The molecular weight excluding hydrogens is 332 g/mol. The van der Waals surface area contributed by atoms with E-state index in [2.05, 4.69) is 15.2 Å². The maximum absolute atomic E-state index is 12.6. The number of rotatable bonds is 4. The van der Waals surface area contributed by atoms with Crippen molar-refractivity contribution >= 4 is 11.8 Å². The Hall–Kier alpha value is -1.89.